The molecule has 0 aliphatic rings. The van der Waals surface area contributed by atoms with Gasteiger partial charge in [-0.1, -0.05) is 0 Å². The normalized spacial score (nSPS) is 10.1. The molecule has 0 radical (unpaired) electrons. The van der Waals surface area contributed by atoms with Crippen molar-refractivity contribution in [3.05, 3.63) is 41.3 Å². The van der Waals surface area contributed by atoms with Crippen molar-refractivity contribution >= 4 is 17.7 Å². The summed E-state index contributed by atoms with van der Waals surface area (Å²) >= 11 is 0. The zero-order chi connectivity index (χ0) is 13.1. The fourth-order valence-electron chi connectivity index (χ4n) is 1.36. The SMILES string of the molecule is Cc1cncc(C(=O)Nc2cc(C(=O)O)[nH]n2)c1. The van der Waals surface area contributed by atoms with Crippen LogP contribution in [0.5, 0.6) is 0 Å². The van der Waals surface area contributed by atoms with Crippen LogP contribution in [0, 0.1) is 6.92 Å². The first-order valence-corrected chi connectivity index (χ1v) is 5.08. The van der Waals surface area contributed by atoms with Gasteiger partial charge in [-0.25, -0.2) is 4.79 Å². The molecule has 18 heavy (non-hydrogen) atoms. The summed E-state index contributed by atoms with van der Waals surface area (Å²) in [6.45, 7) is 1.82. The minimum atomic E-state index is -1.14. The number of aryl methyl sites for hydroxylation is 1. The number of hydrogen-bond acceptors (Lipinski definition) is 4. The highest BCUT2D eigenvalue weighted by molar-refractivity contribution is 6.04. The molecule has 0 spiro atoms. The van der Waals surface area contributed by atoms with Crippen molar-refractivity contribution in [3.63, 3.8) is 0 Å². The lowest BCUT2D eigenvalue weighted by molar-refractivity contribution is 0.0690. The Labute approximate surface area is 102 Å². The van der Waals surface area contributed by atoms with Crippen LogP contribution in [0.3, 0.4) is 0 Å². The van der Waals surface area contributed by atoms with Crippen LogP contribution in [0.15, 0.2) is 24.5 Å². The molecule has 7 heteroatoms. The summed E-state index contributed by atoms with van der Waals surface area (Å²) in [6, 6.07) is 2.91. The van der Waals surface area contributed by atoms with Crippen molar-refractivity contribution in [1.29, 1.82) is 0 Å². The number of nitrogens with zero attached hydrogens (tertiary/aromatic N) is 2. The van der Waals surface area contributed by atoms with E-state index in [1.807, 2.05) is 6.92 Å². The lowest BCUT2D eigenvalue weighted by atomic mass is 10.2. The van der Waals surface area contributed by atoms with Crippen molar-refractivity contribution in [2.75, 3.05) is 5.32 Å². The molecule has 2 aromatic heterocycles. The van der Waals surface area contributed by atoms with Crippen LogP contribution in [0.2, 0.25) is 0 Å². The van der Waals surface area contributed by atoms with Gasteiger partial charge in [-0.15, -0.1) is 0 Å². The van der Waals surface area contributed by atoms with Crippen LogP contribution < -0.4 is 5.32 Å². The van der Waals surface area contributed by atoms with Gasteiger partial charge in [-0.2, -0.15) is 5.10 Å². The van der Waals surface area contributed by atoms with Gasteiger partial charge in [0.2, 0.25) is 0 Å². The molecule has 0 saturated carbocycles. The monoisotopic (exact) mass is 246 g/mol. The number of H-pyrrole nitrogens is 1. The summed E-state index contributed by atoms with van der Waals surface area (Å²) in [7, 11) is 0. The van der Waals surface area contributed by atoms with Gasteiger partial charge in [0.05, 0.1) is 5.56 Å². The van der Waals surface area contributed by atoms with Crippen LogP contribution in [0.4, 0.5) is 5.82 Å². The zero-order valence-electron chi connectivity index (χ0n) is 9.47. The summed E-state index contributed by atoms with van der Waals surface area (Å²) in [5, 5.41) is 17.1. The smallest absolute Gasteiger partial charge is 0.353 e. The third kappa shape index (κ3) is 2.51. The Morgan fingerprint density at radius 3 is 2.72 bits per heavy atom. The van der Waals surface area contributed by atoms with Gasteiger partial charge in [0.1, 0.15) is 5.69 Å². The number of carbonyl (C=O) groups excluding carboxylic acids is 1. The van der Waals surface area contributed by atoms with E-state index in [4.69, 9.17) is 5.11 Å². The highest BCUT2D eigenvalue weighted by Crippen LogP contribution is 2.08. The molecule has 3 N–H and O–H groups in total. The molecule has 1 amide bonds. The van der Waals surface area contributed by atoms with E-state index in [1.54, 1.807) is 12.3 Å². The standard InChI is InChI=1S/C11H10N4O3/c1-6-2-7(5-12-4-6)10(16)13-9-3-8(11(17)18)14-15-9/h2-5H,1H3,(H,17,18)(H2,13,14,15,16). The maximum atomic E-state index is 11.8. The van der Waals surface area contributed by atoms with E-state index in [0.29, 0.717) is 5.56 Å². The predicted molar refractivity (Wildman–Crippen MR) is 62.5 cm³/mol. The van der Waals surface area contributed by atoms with Crippen molar-refractivity contribution in [3.8, 4) is 0 Å². The molecule has 0 atom stereocenters. The van der Waals surface area contributed by atoms with Gasteiger partial charge < -0.3 is 10.4 Å². The summed E-state index contributed by atoms with van der Waals surface area (Å²) in [5.74, 6) is -1.38. The maximum absolute atomic E-state index is 11.8. The molecule has 92 valence electrons. The predicted octanol–water partition coefficient (Wildman–Crippen LogP) is 1.06. The Kier molecular flexibility index (Phi) is 3.05. The molecule has 0 saturated heterocycles. The average molecular weight is 246 g/mol. The third-order valence-electron chi connectivity index (χ3n) is 2.19. The first-order chi connectivity index (χ1) is 8.56. The van der Waals surface area contributed by atoms with Crippen LogP contribution in [0.25, 0.3) is 0 Å². The second-order valence-corrected chi connectivity index (χ2v) is 3.68. The Balaban J connectivity index is 2.13. The number of rotatable bonds is 3. The fraction of sp³-hybridized carbons (Fsp3) is 0.0909. The van der Waals surface area contributed by atoms with Gasteiger partial charge in [0.15, 0.2) is 5.82 Å². The molecule has 7 nitrogen and oxygen atoms in total. The molecule has 2 rings (SSSR count). The number of carbonyl (C=O) groups is 2. The number of nitrogens with one attached hydrogen (secondary N) is 2. The Bertz CT molecular complexity index is 606. The topological polar surface area (TPSA) is 108 Å². The van der Waals surface area contributed by atoms with E-state index >= 15 is 0 Å². The van der Waals surface area contributed by atoms with E-state index in [0.717, 1.165) is 5.56 Å². The molecule has 2 aromatic rings. The van der Waals surface area contributed by atoms with Crippen molar-refractivity contribution in [1.82, 2.24) is 15.2 Å². The van der Waals surface area contributed by atoms with E-state index in [1.165, 1.54) is 12.3 Å². The number of anilines is 1. The lowest BCUT2D eigenvalue weighted by Crippen LogP contribution is -2.12. The second-order valence-electron chi connectivity index (χ2n) is 3.68. The highest BCUT2D eigenvalue weighted by Gasteiger charge is 2.11. The Hall–Kier alpha value is -2.70. The molecule has 0 aliphatic carbocycles. The van der Waals surface area contributed by atoms with Crippen molar-refractivity contribution < 1.29 is 14.7 Å². The van der Waals surface area contributed by atoms with Crippen LogP contribution in [0.1, 0.15) is 26.4 Å². The first kappa shape index (κ1) is 11.8. The van der Waals surface area contributed by atoms with Gasteiger partial charge in [-0.3, -0.25) is 14.9 Å². The maximum Gasteiger partial charge on any atom is 0.353 e. The Morgan fingerprint density at radius 2 is 2.11 bits per heavy atom. The molecular formula is C11H10N4O3. The van der Waals surface area contributed by atoms with Gasteiger partial charge in [0, 0.05) is 18.5 Å². The first-order valence-electron chi connectivity index (χ1n) is 5.08. The van der Waals surface area contributed by atoms with E-state index in [9.17, 15) is 9.59 Å². The van der Waals surface area contributed by atoms with Crippen LogP contribution in [-0.4, -0.2) is 32.2 Å². The number of aromatic nitrogens is 3. The number of aromatic carboxylic acids is 1. The summed E-state index contributed by atoms with van der Waals surface area (Å²) in [4.78, 5) is 26.3. The largest absolute Gasteiger partial charge is 0.477 e. The molecule has 0 unspecified atom stereocenters. The number of pyridine rings is 1. The number of carboxylic acids is 1. The second kappa shape index (κ2) is 4.66. The number of carboxylic acid groups (broad SMARTS) is 1. The van der Waals surface area contributed by atoms with Gasteiger partial charge in [-0.05, 0) is 18.6 Å². The number of hydrogen-bond donors (Lipinski definition) is 3. The van der Waals surface area contributed by atoms with E-state index < -0.39 is 11.9 Å². The van der Waals surface area contributed by atoms with Gasteiger partial charge in [0.25, 0.3) is 5.91 Å². The molecule has 0 aliphatic heterocycles. The van der Waals surface area contributed by atoms with Crippen molar-refractivity contribution in [2.45, 2.75) is 6.92 Å². The Morgan fingerprint density at radius 1 is 1.33 bits per heavy atom. The number of amides is 1. The summed E-state index contributed by atoms with van der Waals surface area (Å²) in [5.41, 5.74) is 1.15. The van der Waals surface area contributed by atoms with Crippen LogP contribution >= 0.6 is 0 Å². The minimum Gasteiger partial charge on any atom is -0.477 e. The fourth-order valence-corrected chi connectivity index (χ4v) is 1.36. The summed E-state index contributed by atoms with van der Waals surface area (Å²) in [6.07, 6.45) is 3.06. The average Bonchev–Trinajstić information content (AvgIpc) is 2.77. The molecule has 2 heterocycles. The molecule has 0 aromatic carbocycles. The molecule has 0 bridgehead atoms. The van der Waals surface area contributed by atoms with E-state index in [-0.39, 0.29) is 11.5 Å². The van der Waals surface area contributed by atoms with Gasteiger partial charge >= 0.3 is 5.97 Å². The zero-order valence-corrected chi connectivity index (χ0v) is 9.47. The third-order valence-corrected chi connectivity index (χ3v) is 2.19. The molecule has 0 fully saturated rings. The highest BCUT2D eigenvalue weighted by atomic mass is 16.4. The van der Waals surface area contributed by atoms with Crippen LogP contribution in [-0.2, 0) is 0 Å². The lowest BCUT2D eigenvalue weighted by Gasteiger charge is -2.01. The van der Waals surface area contributed by atoms with Crippen molar-refractivity contribution in [2.24, 2.45) is 0 Å². The minimum absolute atomic E-state index is 0.0901. The van der Waals surface area contributed by atoms with E-state index in [2.05, 4.69) is 20.5 Å². The quantitative estimate of drug-likeness (QED) is 0.750. The number of aromatic amines is 1. The molecular weight excluding hydrogens is 236 g/mol. The summed E-state index contributed by atoms with van der Waals surface area (Å²) < 4.78 is 0.